The Morgan fingerprint density at radius 2 is 1.45 bits per heavy atom. The Labute approximate surface area is 222 Å². The Balaban J connectivity index is 1.60. The fourth-order valence-corrected chi connectivity index (χ4v) is 5.42. The van der Waals surface area contributed by atoms with Crippen molar-refractivity contribution in [3.63, 3.8) is 0 Å². The van der Waals surface area contributed by atoms with Gasteiger partial charge in [0.15, 0.2) is 0 Å². The lowest BCUT2D eigenvalue weighted by Gasteiger charge is -2.43. The number of piperazine rings is 1. The highest BCUT2D eigenvalue weighted by atomic mass is 32.2. The van der Waals surface area contributed by atoms with Crippen molar-refractivity contribution in [1.82, 2.24) is 10.2 Å². The minimum atomic E-state index is -4.05. The van der Waals surface area contributed by atoms with Crippen LogP contribution in [-0.4, -0.2) is 50.9 Å². The average molecular weight is 543 g/mol. The third-order valence-corrected chi connectivity index (χ3v) is 7.94. The molecule has 7 nitrogen and oxygen atoms in total. The van der Waals surface area contributed by atoms with Crippen molar-refractivity contribution in [2.24, 2.45) is 0 Å². The summed E-state index contributed by atoms with van der Waals surface area (Å²) in [7, 11) is -4.05. The van der Waals surface area contributed by atoms with E-state index in [2.05, 4.69) is 40.6 Å². The van der Waals surface area contributed by atoms with Crippen molar-refractivity contribution in [1.29, 1.82) is 0 Å². The van der Waals surface area contributed by atoms with E-state index in [1.54, 1.807) is 24.3 Å². The van der Waals surface area contributed by atoms with E-state index in [1.807, 2.05) is 0 Å². The fourth-order valence-electron chi connectivity index (χ4n) is 4.36. The predicted octanol–water partition coefficient (Wildman–Crippen LogP) is 4.62. The first-order valence-electron chi connectivity index (χ1n) is 12.4. The molecular formula is C28H32F2N4O3S. The van der Waals surface area contributed by atoms with Crippen LogP contribution in [-0.2, 0) is 16.6 Å². The Morgan fingerprint density at radius 1 is 0.868 bits per heavy atom. The van der Waals surface area contributed by atoms with Crippen LogP contribution in [0.5, 0.6) is 0 Å². The molecule has 3 aromatic rings. The number of halogens is 2. The molecule has 1 saturated heterocycles. The molecule has 4 rings (SSSR count). The molecule has 1 aliphatic heterocycles. The van der Waals surface area contributed by atoms with Crippen molar-refractivity contribution in [3.05, 3.63) is 89.5 Å². The van der Waals surface area contributed by atoms with Gasteiger partial charge < -0.3 is 10.2 Å². The zero-order chi connectivity index (χ0) is 27.5. The van der Waals surface area contributed by atoms with Crippen LogP contribution in [0.1, 0.15) is 36.7 Å². The first-order chi connectivity index (χ1) is 17.9. The Bertz CT molecular complexity index is 1380. The minimum Gasteiger partial charge on any atom is -0.367 e. The van der Waals surface area contributed by atoms with Gasteiger partial charge in [-0.05, 0) is 80.9 Å². The van der Waals surface area contributed by atoms with E-state index in [0.29, 0.717) is 18.8 Å². The summed E-state index contributed by atoms with van der Waals surface area (Å²) in [6.07, 6.45) is 0. The van der Waals surface area contributed by atoms with Gasteiger partial charge in [0.25, 0.3) is 15.9 Å². The maximum Gasteiger partial charge on any atom is 0.261 e. The number of hydrogen-bond acceptors (Lipinski definition) is 5. The largest absolute Gasteiger partial charge is 0.367 e. The third kappa shape index (κ3) is 6.68. The summed E-state index contributed by atoms with van der Waals surface area (Å²) < 4.78 is 55.5. The van der Waals surface area contributed by atoms with Crippen molar-refractivity contribution in [2.45, 2.75) is 37.8 Å². The molecule has 2 N–H and O–H groups in total. The molecule has 10 heteroatoms. The molecule has 0 spiro atoms. The number of nitrogens with one attached hydrogen (secondary N) is 2. The maximum absolute atomic E-state index is 13.4. The molecule has 202 valence electrons. The number of benzene rings is 3. The van der Waals surface area contributed by atoms with Crippen molar-refractivity contribution < 1.29 is 22.0 Å². The van der Waals surface area contributed by atoms with Gasteiger partial charge in [-0.2, -0.15) is 0 Å². The molecule has 1 amide bonds. The van der Waals surface area contributed by atoms with E-state index in [9.17, 15) is 22.0 Å². The van der Waals surface area contributed by atoms with Gasteiger partial charge in [-0.15, -0.1) is 0 Å². The number of rotatable bonds is 7. The quantitative estimate of drug-likeness (QED) is 0.456. The summed E-state index contributed by atoms with van der Waals surface area (Å²) in [6, 6.07) is 15.3. The van der Waals surface area contributed by atoms with Gasteiger partial charge in [0.05, 0.1) is 16.3 Å². The van der Waals surface area contributed by atoms with Crippen molar-refractivity contribution >= 4 is 27.3 Å². The Kier molecular flexibility index (Phi) is 8.03. The van der Waals surface area contributed by atoms with E-state index in [1.165, 1.54) is 30.3 Å². The molecule has 0 bridgehead atoms. The molecule has 0 unspecified atom stereocenters. The normalized spacial score (nSPS) is 14.8. The van der Waals surface area contributed by atoms with E-state index >= 15 is 0 Å². The Morgan fingerprint density at radius 3 is 2.03 bits per heavy atom. The lowest BCUT2D eigenvalue weighted by molar-refractivity contribution is 0.0951. The molecule has 0 saturated carbocycles. The van der Waals surface area contributed by atoms with Crippen molar-refractivity contribution in [2.75, 3.05) is 35.8 Å². The number of anilines is 2. The van der Waals surface area contributed by atoms with E-state index < -0.39 is 21.7 Å². The summed E-state index contributed by atoms with van der Waals surface area (Å²) in [5.74, 6) is -1.31. The number of nitrogens with zero attached hydrogens (tertiary/aromatic N) is 2. The summed E-state index contributed by atoms with van der Waals surface area (Å²) in [6.45, 7) is 9.61. The van der Waals surface area contributed by atoms with Gasteiger partial charge in [-0.1, -0.05) is 12.1 Å². The van der Waals surface area contributed by atoms with E-state index in [-0.39, 0.29) is 34.0 Å². The zero-order valence-electron chi connectivity index (χ0n) is 21.7. The first kappa shape index (κ1) is 27.5. The molecule has 0 aromatic heterocycles. The van der Waals surface area contributed by atoms with Gasteiger partial charge in [0.2, 0.25) is 0 Å². The summed E-state index contributed by atoms with van der Waals surface area (Å²) >= 11 is 0. The molecule has 38 heavy (non-hydrogen) atoms. The molecule has 1 fully saturated rings. The number of amides is 1. The van der Waals surface area contributed by atoms with Crippen LogP contribution in [0.15, 0.2) is 71.6 Å². The second-order valence-electron chi connectivity index (χ2n) is 10.2. The maximum atomic E-state index is 13.4. The lowest BCUT2D eigenvalue weighted by Crippen LogP contribution is -2.53. The van der Waals surface area contributed by atoms with Gasteiger partial charge in [0.1, 0.15) is 11.6 Å². The standard InChI is InChI=1S/C28H32F2N4O3S/c1-28(2,3)34-16-14-33(15-17-34)26-13-6-21(27(35)31-19-20-4-7-22(29)8-5-20)18-25(26)32-38(36,37)24-11-9-23(30)10-12-24/h4-13,18,32H,14-17,19H2,1-3H3,(H,31,35). The van der Waals surface area contributed by atoms with Crippen LogP contribution in [0.4, 0.5) is 20.2 Å². The van der Waals surface area contributed by atoms with Gasteiger partial charge in [-0.3, -0.25) is 14.4 Å². The predicted molar refractivity (Wildman–Crippen MR) is 145 cm³/mol. The molecule has 3 aromatic carbocycles. The van der Waals surface area contributed by atoms with Crippen LogP contribution >= 0.6 is 0 Å². The molecule has 0 atom stereocenters. The lowest BCUT2D eigenvalue weighted by atomic mass is 10.0. The molecule has 0 aliphatic carbocycles. The minimum absolute atomic E-state index is 0.0194. The zero-order valence-corrected chi connectivity index (χ0v) is 22.5. The smallest absolute Gasteiger partial charge is 0.261 e. The summed E-state index contributed by atoms with van der Waals surface area (Å²) in [5, 5.41) is 2.78. The van der Waals surface area contributed by atoms with Crippen LogP contribution < -0.4 is 14.9 Å². The van der Waals surface area contributed by atoms with Gasteiger partial charge in [0, 0.05) is 43.8 Å². The monoisotopic (exact) mass is 542 g/mol. The van der Waals surface area contributed by atoms with Crippen LogP contribution in [0.3, 0.4) is 0 Å². The molecular weight excluding hydrogens is 510 g/mol. The van der Waals surface area contributed by atoms with Crippen LogP contribution in [0, 0.1) is 11.6 Å². The average Bonchev–Trinajstić information content (AvgIpc) is 2.88. The van der Waals surface area contributed by atoms with E-state index in [0.717, 1.165) is 30.8 Å². The SMILES string of the molecule is CC(C)(C)N1CCN(c2ccc(C(=O)NCc3ccc(F)cc3)cc2NS(=O)(=O)c2ccc(F)cc2)CC1. The fraction of sp³-hybridized carbons (Fsp3) is 0.321. The molecule has 1 heterocycles. The summed E-state index contributed by atoms with van der Waals surface area (Å²) in [5.41, 5.74) is 1.92. The molecule has 0 radical (unpaired) electrons. The second-order valence-corrected chi connectivity index (χ2v) is 11.9. The third-order valence-electron chi connectivity index (χ3n) is 6.56. The van der Waals surface area contributed by atoms with Crippen LogP contribution in [0.25, 0.3) is 0 Å². The second kappa shape index (κ2) is 11.1. The highest BCUT2D eigenvalue weighted by Crippen LogP contribution is 2.31. The van der Waals surface area contributed by atoms with Crippen LogP contribution in [0.2, 0.25) is 0 Å². The van der Waals surface area contributed by atoms with Crippen molar-refractivity contribution in [3.8, 4) is 0 Å². The van der Waals surface area contributed by atoms with Gasteiger partial charge in [-0.25, -0.2) is 17.2 Å². The number of sulfonamides is 1. The Hall–Kier alpha value is -3.50. The number of hydrogen-bond donors (Lipinski definition) is 2. The first-order valence-corrected chi connectivity index (χ1v) is 13.9. The highest BCUT2D eigenvalue weighted by Gasteiger charge is 2.28. The number of carbonyl (C=O) groups is 1. The number of carbonyl (C=O) groups excluding carboxylic acids is 1. The summed E-state index contributed by atoms with van der Waals surface area (Å²) in [4.78, 5) is 17.3. The highest BCUT2D eigenvalue weighted by molar-refractivity contribution is 7.92. The molecule has 1 aliphatic rings. The topological polar surface area (TPSA) is 81.8 Å². The van der Waals surface area contributed by atoms with Gasteiger partial charge >= 0.3 is 0 Å². The van der Waals surface area contributed by atoms with E-state index in [4.69, 9.17) is 0 Å².